The number of nitrogens with zero attached hydrogens (tertiary/aromatic N) is 2. The van der Waals surface area contributed by atoms with Gasteiger partial charge in [0.2, 0.25) is 0 Å². The molecule has 2 aromatic carbocycles. The molecule has 0 spiro atoms. The smallest absolute Gasteiger partial charge is 0.339 e. The first-order valence-corrected chi connectivity index (χ1v) is 11.1. The molecule has 2 aromatic heterocycles. The number of H-pyrrole nitrogens is 1. The molecule has 32 heavy (non-hydrogen) atoms. The number of hydrogen-bond acceptors (Lipinski definition) is 5. The van der Waals surface area contributed by atoms with Crippen molar-refractivity contribution < 1.29 is 13.9 Å². The number of imidazole rings is 1. The Morgan fingerprint density at radius 3 is 2.94 bits per heavy atom. The standard InChI is InChI=1S/C25H23N3O4/c29-23(28-12-4-9-21(28)24-26-19-7-1-2-8-20(19)27-24)14-31-15-10-11-17-16-5-3-6-18(16)25(30)32-22(17)13-15/h1-2,7-8,10-11,13,21H,3-6,9,12,14H2,(H,26,27). The summed E-state index contributed by atoms with van der Waals surface area (Å²) in [6.07, 6.45) is 4.46. The molecule has 1 aliphatic carbocycles. The van der Waals surface area contributed by atoms with Crippen LogP contribution in [0.15, 0.2) is 51.7 Å². The summed E-state index contributed by atoms with van der Waals surface area (Å²) in [6, 6.07) is 13.3. The number of para-hydroxylation sites is 2. The summed E-state index contributed by atoms with van der Waals surface area (Å²) >= 11 is 0. The zero-order chi connectivity index (χ0) is 21.7. The van der Waals surface area contributed by atoms with E-state index in [1.807, 2.05) is 41.3 Å². The van der Waals surface area contributed by atoms with Crippen molar-refractivity contribution in [3.05, 3.63) is 69.8 Å². The molecule has 162 valence electrons. The lowest BCUT2D eigenvalue weighted by Gasteiger charge is -2.23. The molecule has 0 saturated carbocycles. The van der Waals surface area contributed by atoms with Crippen molar-refractivity contribution in [2.45, 2.75) is 38.1 Å². The van der Waals surface area contributed by atoms with Crippen LogP contribution in [0.4, 0.5) is 0 Å². The number of nitrogens with one attached hydrogen (secondary N) is 1. The number of amides is 1. The molecule has 7 heteroatoms. The van der Waals surface area contributed by atoms with Crippen molar-refractivity contribution in [3.8, 4) is 5.75 Å². The number of carbonyl (C=O) groups excluding carboxylic acids is 1. The third-order valence-corrected chi connectivity index (χ3v) is 6.60. The predicted octanol–water partition coefficient (Wildman–Crippen LogP) is 3.90. The first-order chi connectivity index (χ1) is 15.7. The number of fused-ring (bicyclic) bond motifs is 4. The molecule has 0 bridgehead atoms. The third-order valence-electron chi connectivity index (χ3n) is 6.60. The molecule has 1 aliphatic heterocycles. The first kappa shape index (κ1) is 19.1. The normalized spacial score (nSPS) is 17.9. The molecule has 2 aliphatic rings. The van der Waals surface area contributed by atoms with Gasteiger partial charge >= 0.3 is 5.63 Å². The van der Waals surface area contributed by atoms with Crippen molar-refractivity contribution >= 4 is 27.9 Å². The molecule has 1 fully saturated rings. The van der Waals surface area contributed by atoms with Gasteiger partial charge in [-0.1, -0.05) is 12.1 Å². The molecule has 1 unspecified atom stereocenters. The van der Waals surface area contributed by atoms with Gasteiger partial charge in [-0.3, -0.25) is 4.79 Å². The maximum absolute atomic E-state index is 13.0. The molecule has 3 heterocycles. The molecular weight excluding hydrogens is 406 g/mol. The Kier molecular flexibility index (Phi) is 4.48. The molecule has 1 atom stereocenters. The Hall–Kier alpha value is -3.61. The summed E-state index contributed by atoms with van der Waals surface area (Å²) in [4.78, 5) is 35.1. The second-order valence-electron chi connectivity index (χ2n) is 8.53. The summed E-state index contributed by atoms with van der Waals surface area (Å²) in [7, 11) is 0. The predicted molar refractivity (Wildman–Crippen MR) is 120 cm³/mol. The van der Waals surface area contributed by atoms with E-state index in [2.05, 4.69) is 9.97 Å². The Morgan fingerprint density at radius 1 is 1.16 bits per heavy atom. The summed E-state index contributed by atoms with van der Waals surface area (Å²) in [5, 5.41) is 0.959. The average Bonchev–Trinajstić information content (AvgIpc) is 3.56. The second-order valence-corrected chi connectivity index (χ2v) is 8.53. The fourth-order valence-corrected chi connectivity index (χ4v) is 5.06. The van der Waals surface area contributed by atoms with E-state index < -0.39 is 0 Å². The fraction of sp³-hybridized carbons (Fsp3) is 0.320. The highest BCUT2D eigenvalue weighted by Crippen LogP contribution is 2.32. The van der Waals surface area contributed by atoms with Crippen LogP contribution in [0.25, 0.3) is 22.0 Å². The third kappa shape index (κ3) is 3.16. The topological polar surface area (TPSA) is 88.4 Å². The van der Waals surface area contributed by atoms with Crippen LogP contribution in [-0.4, -0.2) is 33.9 Å². The number of aromatic nitrogens is 2. The van der Waals surface area contributed by atoms with Crippen LogP contribution < -0.4 is 10.4 Å². The Labute approximate surface area is 184 Å². The molecule has 1 saturated heterocycles. The lowest BCUT2D eigenvalue weighted by atomic mass is 10.1. The Balaban J connectivity index is 1.20. The number of benzene rings is 2. The van der Waals surface area contributed by atoms with E-state index in [9.17, 15) is 9.59 Å². The van der Waals surface area contributed by atoms with Gasteiger partial charge in [-0.2, -0.15) is 0 Å². The summed E-state index contributed by atoms with van der Waals surface area (Å²) in [5.41, 5.74) is 4.02. The number of likely N-dealkylation sites (tertiary alicyclic amines) is 1. The van der Waals surface area contributed by atoms with Crippen LogP contribution in [0, 0.1) is 0 Å². The highest BCUT2D eigenvalue weighted by molar-refractivity contribution is 5.83. The zero-order valence-corrected chi connectivity index (χ0v) is 17.6. The van der Waals surface area contributed by atoms with E-state index in [-0.39, 0.29) is 24.2 Å². The van der Waals surface area contributed by atoms with Crippen molar-refractivity contribution in [1.82, 2.24) is 14.9 Å². The SMILES string of the molecule is O=C(COc1ccc2c3c(c(=O)oc2c1)CCC3)N1CCCC1c1nc2ccccc2[nH]1. The van der Waals surface area contributed by atoms with Gasteiger partial charge in [0.25, 0.3) is 5.91 Å². The molecule has 1 N–H and O–H groups in total. The van der Waals surface area contributed by atoms with Gasteiger partial charge in [0.15, 0.2) is 6.61 Å². The molecule has 7 nitrogen and oxygen atoms in total. The van der Waals surface area contributed by atoms with Gasteiger partial charge in [-0.05, 0) is 61.9 Å². The van der Waals surface area contributed by atoms with E-state index in [1.54, 1.807) is 6.07 Å². The van der Waals surface area contributed by atoms with Crippen molar-refractivity contribution in [1.29, 1.82) is 0 Å². The largest absolute Gasteiger partial charge is 0.484 e. The summed E-state index contributed by atoms with van der Waals surface area (Å²) in [5.74, 6) is 1.26. The number of hydrogen-bond donors (Lipinski definition) is 1. The van der Waals surface area contributed by atoms with E-state index in [0.29, 0.717) is 17.9 Å². The van der Waals surface area contributed by atoms with Gasteiger partial charge < -0.3 is 19.0 Å². The molecular formula is C25H23N3O4. The molecule has 6 rings (SSSR count). The van der Waals surface area contributed by atoms with E-state index in [4.69, 9.17) is 9.15 Å². The van der Waals surface area contributed by atoms with Crippen LogP contribution in [-0.2, 0) is 17.6 Å². The Bertz CT molecular complexity index is 1370. The maximum atomic E-state index is 13.0. The van der Waals surface area contributed by atoms with Gasteiger partial charge in [-0.15, -0.1) is 0 Å². The van der Waals surface area contributed by atoms with Crippen LogP contribution >= 0.6 is 0 Å². The molecule has 1 amide bonds. The molecule has 0 radical (unpaired) electrons. The van der Waals surface area contributed by atoms with Gasteiger partial charge in [0.05, 0.1) is 17.1 Å². The van der Waals surface area contributed by atoms with E-state index >= 15 is 0 Å². The molecule has 4 aromatic rings. The number of rotatable bonds is 4. The van der Waals surface area contributed by atoms with Gasteiger partial charge in [-0.25, -0.2) is 9.78 Å². The van der Waals surface area contributed by atoms with Crippen molar-refractivity contribution in [2.75, 3.05) is 13.2 Å². The quantitative estimate of drug-likeness (QED) is 0.497. The van der Waals surface area contributed by atoms with Crippen LogP contribution in [0.5, 0.6) is 5.75 Å². The first-order valence-electron chi connectivity index (χ1n) is 11.1. The highest BCUT2D eigenvalue weighted by Gasteiger charge is 2.32. The van der Waals surface area contributed by atoms with Crippen LogP contribution in [0.1, 0.15) is 42.3 Å². The van der Waals surface area contributed by atoms with Crippen LogP contribution in [0.3, 0.4) is 0 Å². The lowest BCUT2D eigenvalue weighted by molar-refractivity contribution is -0.134. The fourth-order valence-electron chi connectivity index (χ4n) is 5.06. The Morgan fingerprint density at radius 2 is 2.03 bits per heavy atom. The number of ether oxygens (including phenoxy) is 1. The van der Waals surface area contributed by atoms with Gasteiger partial charge in [0.1, 0.15) is 17.2 Å². The highest BCUT2D eigenvalue weighted by atomic mass is 16.5. The van der Waals surface area contributed by atoms with Crippen molar-refractivity contribution in [2.24, 2.45) is 0 Å². The van der Waals surface area contributed by atoms with E-state index in [1.165, 1.54) is 0 Å². The monoisotopic (exact) mass is 429 g/mol. The van der Waals surface area contributed by atoms with E-state index in [0.717, 1.165) is 65.5 Å². The lowest BCUT2D eigenvalue weighted by Crippen LogP contribution is -2.34. The zero-order valence-electron chi connectivity index (χ0n) is 17.6. The minimum Gasteiger partial charge on any atom is -0.484 e. The summed E-state index contributed by atoms with van der Waals surface area (Å²) < 4.78 is 11.3. The minimum atomic E-state index is -0.260. The average molecular weight is 429 g/mol. The number of aryl methyl sites for hydroxylation is 1. The second kappa shape index (κ2) is 7.51. The maximum Gasteiger partial charge on any atom is 0.339 e. The van der Waals surface area contributed by atoms with Crippen molar-refractivity contribution in [3.63, 3.8) is 0 Å². The minimum absolute atomic E-state index is 0.0720. The number of aromatic amines is 1. The number of carbonyl (C=O) groups is 1. The van der Waals surface area contributed by atoms with Gasteiger partial charge in [0, 0.05) is 23.6 Å². The summed E-state index contributed by atoms with van der Waals surface area (Å²) in [6.45, 7) is 0.611. The van der Waals surface area contributed by atoms with Crippen LogP contribution in [0.2, 0.25) is 0 Å².